The molecule has 1 atom stereocenters. The molecular formula is C15H19N3O3. The van der Waals surface area contributed by atoms with Gasteiger partial charge in [-0.05, 0) is 30.7 Å². The molecule has 1 aliphatic heterocycles. The molecule has 0 amide bonds. The quantitative estimate of drug-likeness (QED) is 0.875. The van der Waals surface area contributed by atoms with E-state index < -0.39 is 0 Å². The van der Waals surface area contributed by atoms with Crippen LogP contribution in [0.3, 0.4) is 0 Å². The minimum atomic E-state index is 0.338. The van der Waals surface area contributed by atoms with Crippen LogP contribution >= 0.6 is 0 Å². The maximum absolute atomic E-state index is 5.63. The van der Waals surface area contributed by atoms with E-state index in [0.29, 0.717) is 30.8 Å². The van der Waals surface area contributed by atoms with Crippen molar-refractivity contribution in [3.8, 4) is 5.75 Å². The molecule has 1 aromatic heterocycles. The molecule has 2 aromatic rings. The zero-order valence-electron chi connectivity index (χ0n) is 12.0. The van der Waals surface area contributed by atoms with Crippen LogP contribution in [-0.2, 0) is 18.0 Å². The number of hydrogen-bond acceptors (Lipinski definition) is 6. The normalized spacial score (nSPS) is 18.0. The van der Waals surface area contributed by atoms with Crippen LogP contribution in [0.25, 0.3) is 0 Å². The molecule has 112 valence electrons. The monoisotopic (exact) mass is 289 g/mol. The third-order valence-electron chi connectivity index (χ3n) is 3.53. The van der Waals surface area contributed by atoms with Gasteiger partial charge in [-0.2, -0.15) is 4.98 Å². The first-order chi connectivity index (χ1) is 10.3. The van der Waals surface area contributed by atoms with Gasteiger partial charge in [-0.15, -0.1) is 0 Å². The number of nitrogens with zero attached hydrogens (tertiary/aromatic N) is 2. The summed E-state index contributed by atoms with van der Waals surface area (Å²) in [5.74, 6) is 2.47. The molecule has 1 fully saturated rings. The summed E-state index contributed by atoms with van der Waals surface area (Å²) in [4.78, 5) is 4.39. The Bertz CT molecular complexity index is 579. The van der Waals surface area contributed by atoms with Crippen molar-refractivity contribution in [1.29, 1.82) is 0 Å². The van der Waals surface area contributed by atoms with Crippen molar-refractivity contribution in [2.24, 2.45) is 0 Å². The van der Waals surface area contributed by atoms with Gasteiger partial charge in [0.05, 0.1) is 19.6 Å². The van der Waals surface area contributed by atoms with E-state index in [1.54, 1.807) is 7.11 Å². The van der Waals surface area contributed by atoms with Crippen LogP contribution in [0, 0.1) is 0 Å². The highest BCUT2D eigenvalue weighted by Crippen LogP contribution is 2.20. The molecule has 1 aromatic carbocycles. The van der Waals surface area contributed by atoms with E-state index in [1.807, 2.05) is 24.3 Å². The zero-order valence-corrected chi connectivity index (χ0v) is 12.0. The first-order valence-electron chi connectivity index (χ1n) is 7.09. The van der Waals surface area contributed by atoms with Crippen LogP contribution in [0.15, 0.2) is 28.8 Å². The summed E-state index contributed by atoms with van der Waals surface area (Å²) in [6, 6.07) is 7.79. The number of ether oxygens (including phenoxy) is 2. The number of hydrogen-bond donors (Lipinski definition) is 1. The molecule has 6 nitrogen and oxygen atoms in total. The Labute approximate surface area is 123 Å². The Morgan fingerprint density at radius 2 is 2.33 bits per heavy atom. The van der Waals surface area contributed by atoms with E-state index in [1.165, 1.54) is 0 Å². The van der Waals surface area contributed by atoms with E-state index in [-0.39, 0.29) is 0 Å². The minimum Gasteiger partial charge on any atom is -0.497 e. The van der Waals surface area contributed by atoms with Crippen molar-refractivity contribution in [3.05, 3.63) is 41.5 Å². The van der Waals surface area contributed by atoms with Gasteiger partial charge in [0, 0.05) is 6.54 Å². The van der Waals surface area contributed by atoms with Crippen molar-refractivity contribution >= 4 is 0 Å². The van der Waals surface area contributed by atoms with E-state index in [9.17, 15) is 0 Å². The van der Waals surface area contributed by atoms with Gasteiger partial charge in [-0.25, -0.2) is 0 Å². The predicted molar refractivity (Wildman–Crippen MR) is 76.0 cm³/mol. The van der Waals surface area contributed by atoms with Crippen LogP contribution < -0.4 is 10.1 Å². The molecule has 1 N–H and O–H groups in total. The summed E-state index contributed by atoms with van der Waals surface area (Å²) >= 11 is 0. The number of methoxy groups -OCH3 is 1. The molecule has 21 heavy (non-hydrogen) atoms. The molecule has 2 heterocycles. The largest absolute Gasteiger partial charge is 0.497 e. The third kappa shape index (κ3) is 3.59. The van der Waals surface area contributed by atoms with Gasteiger partial charge in [0.25, 0.3) is 0 Å². The van der Waals surface area contributed by atoms with E-state index in [4.69, 9.17) is 14.0 Å². The molecule has 0 unspecified atom stereocenters. The van der Waals surface area contributed by atoms with Crippen LogP contribution in [-0.4, -0.2) is 30.3 Å². The Kier molecular flexibility index (Phi) is 4.47. The van der Waals surface area contributed by atoms with E-state index in [0.717, 1.165) is 30.8 Å². The predicted octanol–water partition coefficient (Wildman–Crippen LogP) is 1.87. The Hall–Kier alpha value is -1.92. The maximum atomic E-state index is 5.63. The van der Waals surface area contributed by atoms with Gasteiger partial charge in [-0.1, -0.05) is 17.3 Å². The molecule has 0 aliphatic carbocycles. The third-order valence-corrected chi connectivity index (χ3v) is 3.53. The molecule has 0 saturated carbocycles. The SMILES string of the molecule is COc1cccc(COCc2noc([C@@H]3CCNC3)n2)c1. The Morgan fingerprint density at radius 1 is 1.38 bits per heavy atom. The van der Waals surface area contributed by atoms with Gasteiger partial charge in [0.2, 0.25) is 5.89 Å². The molecular weight excluding hydrogens is 270 g/mol. The van der Waals surface area contributed by atoms with Crippen molar-refractivity contribution in [3.63, 3.8) is 0 Å². The van der Waals surface area contributed by atoms with E-state index >= 15 is 0 Å². The van der Waals surface area contributed by atoms with Crippen LogP contribution in [0.1, 0.15) is 29.6 Å². The molecule has 1 saturated heterocycles. The van der Waals surface area contributed by atoms with Gasteiger partial charge >= 0.3 is 0 Å². The van der Waals surface area contributed by atoms with Crippen LogP contribution in [0.5, 0.6) is 5.75 Å². The Balaban J connectivity index is 1.50. The van der Waals surface area contributed by atoms with E-state index in [2.05, 4.69) is 15.5 Å². The van der Waals surface area contributed by atoms with Gasteiger partial charge in [-0.3, -0.25) is 0 Å². The van der Waals surface area contributed by atoms with Gasteiger partial charge in [0.1, 0.15) is 12.4 Å². The molecule has 1 aliphatic rings. The lowest BCUT2D eigenvalue weighted by Gasteiger charge is -2.04. The van der Waals surface area contributed by atoms with Crippen molar-refractivity contribution < 1.29 is 14.0 Å². The summed E-state index contributed by atoms with van der Waals surface area (Å²) in [5.41, 5.74) is 1.05. The first kappa shape index (κ1) is 14.0. The van der Waals surface area contributed by atoms with Crippen LogP contribution in [0.4, 0.5) is 0 Å². The standard InChI is InChI=1S/C15H19N3O3/c1-19-13-4-2-3-11(7-13)9-20-10-14-17-15(21-18-14)12-5-6-16-8-12/h2-4,7,12,16H,5-6,8-10H2,1H3/t12-/m1/s1. The summed E-state index contributed by atoms with van der Waals surface area (Å²) < 4.78 is 16.1. The summed E-state index contributed by atoms with van der Waals surface area (Å²) in [6.45, 7) is 2.76. The molecule has 0 bridgehead atoms. The molecule has 3 rings (SSSR count). The van der Waals surface area contributed by atoms with Crippen LogP contribution in [0.2, 0.25) is 0 Å². The van der Waals surface area contributed by atoms with Crippen molar-refractivity contribution in [2.45, 2.75) is 25.6 Å². The number of nitrogens with one attached hydrogen (secondary N) is 1. The average molecular weight is 289 g/mol. The topological polar surface area (TPSA) is 69.4 Å². The lowest BCUT2D eigenvalue weighted by Crippen LogP contribution is -2.08. The van der Waals surface area contributed by atoms with Gasteiger partial charge < -0.3 is 19.3 Å². The minimum absolute atomic E-state index is 0.338. The Morgan fingerprint density at radius 3 is 3.14 bits per heavy atom. The highest BCUT2D eigenvalue weighted by atomic mass is 16.5. The average Bonchev–Trinajstić information content (AvgIpc) is 3.18. The maximum Gasteiger partial charge on any atom is 0.231 e. The summed E-state index contributed by atoms with van der Waals surface area (Å²) in [6.07, 6.45) is 1.05. The zero-order chi connectivity index (χ0) is 14.5. The molecule has 0 radical (unpaired) electrons. The second kappa shape index (κ2) is 6.69. The fourth-order valence-corrected chi connectivity index (χ4v) is 2.38. The highest BCUT2D eigenvalue weighted by molar-refractivity contribution is 5.27. The summed E-state index contributed by atoms with van der Waals surface area (Å²) in [7, 11) is 1.65. The van der Waals surface area contributed by atoms with Crippen molar-refractivity contribution in [2.75, 3.05) is 20.2 Å². The smallest absolute Gasteiger partial charge is 0.231 e. The number of aromatic nitrogens is 2. The molecule has 6 heteroatoms. The molecule has 0 spiro atoms. The lowest BCUT2D eigenvalue weighted by atomic mass is 10.1. The fourth-order valence-electron chi connectivity index (χ4n) is 2.38. The summed E-state index contributed by atoms with van der Waals surface area (Å²) in [5, 5.41) is 7.25. The number of rotatable bonds is 6. The second-order valence-electron chi connectivity index (χ2n) is 5.08. The fraction of sp³-hybridized carbons (Fsp3) is 0.467. The lowest BCUT2D eigenvalue weighted by molar-refractivity contribution is 0.0998. The van der Waals surface area contributed by atoms with Crippen molar-refractivity contribution in [1.82, 2.24) is 15.5 Å². The second-order valence-corrected chi connectivity index (χ2v) is 5.08. The number of benzene rings is 1. The van der Waals surface area contributed by atoms with Gasteiger partial charge in [0.15, 0.2) is 5.82 Å². The highest BCUT2D eigenvalue weighted by Gasteiger charge is 2.22. The first-order valence-corrected chi connectivity index (χ1v) is 7.09.